The molecule has 0 unspecified atom stereocenters. The van der Waals surface area contributed by atoms with Crippen LogP contribution in [-0.2, 0) is 9.84 Å². The maximum absolute atomic E-state index is 11.6. The smallest absolute Gasteiger partial charge is 0.153 e. The number of piperazine rings is 1. The number of nitrogens with zero attached hydrogens (tertiary/aromatic N) is 2. The van der Waals surface area contributed by atoms with Crippen LogP contribution in [0.4, 0.5) is 0 Å². The van der Waals surface area contributed by atoms with E-state index in [1.54, 1.807) is 13.8 Å². The molecular formula is C10H23N3O2S. The minimum atomic E-state index is -2.91. The summed E-state index contributed by atoms with van der Waals surface area (Å²) in [5.74, 6) is 0.219. The third-order valence-corrected chi connectivity index (χ3v) is 5.15. The van der Waals surface area contributed by atoms with Gasteiger partial charge in [-0.3, -0.25) is 5.43 Å². The van der Waals surface area contributed by atoms with Crippen molar-refractivity contribution in [2.75, 3.05) is 45.5 Å². The molecule has 0 aromatic carbocycles. The largest absolute Gasteiger partial charge is 0.304 e. The summed E-state index contributed by atoms with van der Waals surface area (Å²) in [5.41, 5.74) is 3.18. The van der Waals surface area contributed by atoms with Gasteiger partial charge in [-0.1, -0.05) is 0 Å². The predicted octanol–water partition coefficient (Wildman–Crippen LogP) is -0.438. The number of sulfone groups is 1. The number of nitrogens with one attached hydrogen (secondary N) is 1. The summed E-state index contributed by atoms with van der Waals surface area (Å²) in [5, 5.41) is 1.83. The Morgan fingerprint density at radius 3 is 2.25 bits per heavy atom. The normalized spacial score (nSPS) is 20.5. The lowest BCUT2D eigenvalue weighted by molar-refractivity contribution is 0.107. The van der Waals surface area contributed by atoms with Gasteiger partial charge in [-0.05, 0) is 20.9 Å². The van der Waals surface area contributed by atoms with E-state index in [-0.39, 0.29) is 11.0 Å². The highest BCUT2D eigenvalue weighted by atomic mass is 32.2. The Balaban J connectivity index is 2.21. The summed E-state index contributed by atoms with van der Waals surface area (Å²) in [6.45, 7) is 7.95. The maximum Gasteiger partial charge on any atom is 0.153 e. The molecule has 0 atom stereocenters. The quantitative estimate of drug-likeness (QED) is 0.716. The third kappa shape index (κ3) is 4.37. The van der Waals surface area contributed by atoms with Crippen molar-refractivity contribution in [2.24, 2.45) is 0 Å². The van der Waals surface area contributed by atoms with Gasteiger partial charge >= 0.3 is 0 Å². The van der Waals surface area contributed by atoms with Crippen LogP contribution in [0.15, 0.2) is 0 Å². The highest BCUT2D eigenvalue weighted by molar-refractivity contribution is 7.92. The molecule has 0 aromatic rings. The highest BCUT2D eigenvalue weighted by Gasteiger charge is 2.17. The van der Waals surface area contributed by atoms with Crippen LogP contribution in [0.1, 0.15) is 13.8 Å². The van der Waals surface area contributed by atoms with E-state index in [1.807, 2.05) is 0 Å². The van der Waals surface area contributed by atoms with E-state index in [1.165, 1.54) is 0 Å². The van der Waals surface area contributed by atoms with Crippen molar-refractivity contribution in [3.05, 3.63) is 0 Å². The van der Waals surface area contributed by atoms with Crippen LogP contribution >= 0.6 is 0 Å². The van der Waals surface area contributed by atoms with Crippen molar-refractivity contribution in [3.63, 3.8) is 0 Å². The summed E-state index contributed by atoms with van der Waals surface area (Å²) in [6.07, 6.45) is 0. The average molecular weight is 249 g/mol. The van der Waals surface area contributed by atoms with Crippen molar-refractivity contribution in [1.29, 1.82) is 0 Å². The number of hydrazine groups is 1. The van der Waals surface area contributed by atoms with Gasteiger partial charge in [-0.15, -0.1) is 0 Å². The van der Waals surface area contributed by atoms with Crippen molar-refractivity contribution in [2.45, 2.75) is 19.1 Å². The summed E-state index contributed by atoms with van der Waals surface area (Å²) in [7, 11) is -0.812. The minimum Gasteiger partial charge on any atom is -0.304 e. The molecular weight excluding hydrogens is 226 g/mol. The fourth-order valence-electron chi connectivity index (χ4n) is 1.55. The summed E-state index contributed by atoms with van der Waals surface area (Å²) >= 11 is 0. The van der Waals surface area contributed by atoms with Gasteiger partial charge in [0.05, 0.1) is 11.0 Å². The molecule has 1 aliphatic heterocycles. The Kier molecular flexibility index (Phi) is 5.17. The molecule has 96 valence electrons. The van der Waals surface area contributed by atoms with Gasteiger partial charge < -0.3 is 4.90 Å². The first-order chi connectivity index (χ1) is 7.42. The zero-order valence-corrected chi connectivity index (χ0v) is 11.3. The Morgan fingerprint density at radius 1 is 1.19 bits per heavy atom. The average Bonchev–Trinajstić information content (AvgIpc) is 2.20. The lowest BCUT2D eigenvalue weighted by Gasteiger charge is -2.32. The topological polar surface area (TPSA) is 52.7 Å². The first-order valence-electron chi connectivity index (χ1n) is 5.80. The molecule has 5 nitrogen and oxygen atoms in total. The fourth-order valence-corrected chi connectivity index (χ4v) is 2.39. The summed E-state index contributed by atoms with van der Waals surface area (Å²) in [6, 6.07) is 0. The van der Waals surface area contributed by atoms with Crippen LogP contribution in [0.3, 0.4) is 0 Å². The van der Waals surface area contributed by atoms with Crippen molar-refractivity contribution < 1.29 is 8.42 Å². The second kappa shape index (κ2) is 5.95. The number of hydrogen-bond acceptors (Lipinski definition) is 5. The molecule has 0 aliphatic carbocycles. The van der Waals surface area contributed by atoms with E-state index in [2.05, 4.69) is 22.4 Å². The Hall–Kier alpha value is -0.170. The molecule has 6 heteroatoms. The molecule has 1 fully saturated rings. The van der Waals surface area contributed by atoms with Crippen molar-refractivity contribution in [1.82, 2.24) is 15.3 Å². The van der Waals surface area contributed by atoms with Gasteiger partial charge in [0.15, 0.2) is 9.84 Å². The van der Waals surface area contributed by atoms with Gasteiger partial charge in [0.1, 0.15) is 0 Å². The van der Waals surface area contributed by atoms with E-state index in [9.17, 15) is 8.42 Å². The lowest BCUT2D eigenvalue weighted by Crippen LogP contribution is -2.51. The van der Waals surface area contributed by atoms with E-state index in [0.717, 1.165) is 26.2 Å². The molecule has 1 heterocycles. The highest BCUT2D eigenvalue weighted by Crippen LogP contribution is 2.00. The van der Waals surface area contributed by atoms with Gasteiger partial charge in [0, 0.05) is 32.7 Å². The Morgan fingerprint density at radius 2 is 1.75 bits per heavy atom. The van der Waals surface area contributed by atoms with Gasteiger partial charge in [-0.25, -0.2) is 13.4 Å². The summed E-state index contributed by atoms with van der Waals surface area (Å²) in [4.78, 5) is 2.27. The molecule has 0 spiro atoms. The molecule has 16 heavy (non-hydrogen) atoms. The molecule has 1 aliphatic rings. The molecule has 0 bridgehead atoms. The van der Waals surface area contributed by atoms with Crippen LogP contribution < -0.4 is 5.43 Å². The monoisotopic (exact) mass is 249 g/mol. The SMILES string of the molecule is CC(C)S(=O)(=O)CCNN1CCN(C)CC1. The molecule has 1 rings (SSSR count). The van der Waals surface area contributed by atoms with E-state index in [4.69, 9.17) is 0 Å². The first kappa shape index (κ1) is 13.9. The number of hydrogen-bond donors (Lipinski definition) is 1. The summed E-state index contributed by atoms with van der Waals surface area (Å²) < 4.78 is 23.1. The zero-order chi connectivity index (χ0) is 12.2. The number of likely N-dealkylation sites (N-methyl/N-ethyl adjacent to an activating group) is 1. The molecule has 0 saturated carbocycles. The van der Waals surface area contributed by atoms with Gasteiger partial charge in [-0.2, -0.15) is 0 Å². The molecule has 1 saturated heterocycles. The minimum absolute atomic E-state index is 0.219. The van der Waals surface area contributed by atoms with Crippen LogP contribution in [0.2, 0.25) is 0 Å². The van der Waals surface area contributed by atoms with Gasteiger partial charge in [0.25, 0.3) is 0 Å². The number of rotatable bonds is 5. The standard InChI is InChI=1S/C10H23N3O2S/c1-10(2)16(14,15)9-4-11-13-7-5-12(3)6-8-13/h10-11H,4-9H2,1-3H3. The fraction of sp³-hybridized carbons (Fsp3) is 1.00. The molecule has 1 N–H and O–H groups in total. The first-order valence-corrected chi connectivity index (χ1v) is 7.52. The van der Waals surface area contributed by atoms with E-state index < -0.39 is 9.84 Å². The van der Waals surface area contributed by atoms with Gasteiger partial charge in [0.2, 0.25) is 0 Å². The maximum atomic E-state index is 11.6. The van der Waals surface area contributed by atoms with Crippen molar-refractivity contribution >= 4 is 9.84 Å². The van der Waals surface area contributed by atoms with Crippen LogP contribution in [0.5, 0.6) is 0 Å². The van der Waals surface area contributed by atoms with Crippen LogP contribution in [0.25, 0.3) is 0 Å². The second-order valence-electron chi connectivity index (χ2n) is 4.61. The molecule has 0 aromatic heterocycles. The van der Waals surface area contributed by atoms with E-state index in [0.29, 0.717) is 6.54 Å². The predicted molar refractivity (Wildman–Crippen MR) is 66.0 cm³/mol. The Labute approximate surface area is 98.7 Å². The molecule has 0 radical (unpaired) electrons. The van der Waals surface area contributed by atoms with Crippen molar-refractivity contribution in [3.8, 4) is 0 Å². The lowest BCUT2D eigenvalue weighted by atomic mass is 10.4. The zero-order valence-electron chi connectivity index (χ0n) is 10.4. The van der Waals surface area contributed by atoms with Crippen LogP contribution in [-0.4, -0.2) is 69.1 Å². The van der Waals surface area contributed by atoms with Crippen LogP contribution in [0, 0.1) is 0 Å². The molecule has 0 amide bonds. The second-order valence-corrected chi connectivity index (χ2v) is 7.29. The Bertz CT molecular complexity index is 295. The third-order valence-electron chi connectivity index (χ3n) is 2.94. The van der Waals surface area contributed by atoms with E-state index >= 15 is 0 Å².